The van der Waals surface area contributed by atoms with Crippen LogP contribution in [-0.2, 0) is 6.54 Å². The highest BCUT2D eigenvalue weighted by Gasteiger charge is 2.21. The highest BCUT2D eigenvalue weighted by Crippen LogP contribution is 2.20. The first-order valence-electron chi connectivity index (χ1n) is 9.66. The lowest BCUT2D eigenvalue weighted by Gasteiger charge is -2.35. The predicted molar refractivity (Wildman–Crippen MR) is 105 cm³/mol. The van der Waals surface area contributed by atoms with E-state index in [4.69, 9.17) is 0 Å². The highest BCUT2D eigenvalue weighted by molar-refractivity contribution is 5.79. The summed E-state index contributed by atoms with van der Waals surface area (Å²) in [5.41, 5.74) is 2.31. The fraction of sp³-hybridized carbons (Fsp3) is 0.789. The number of hydrogen-bond donors (Lipinski definition) is 2. The van der Waals surface area contributed by atoms with Gasteiger partial charge in [0, 0.05) is 52.0 Å². The molecule has 2 heterocycles. The first-order chi connectivity index (χ1) is 12.0. The minimum atomic E-state index is 0.815. The summed E-state index contributed by atoms with van der Waals surface area (Å²) >= 11 is 0. The lowest BCUT2D eigenvalue weighted by molar-refractivity contribution is 0.143. The molecule has 1 aromatic rings. The molecule has 1 aliphatic rings. The quantitative estimate of drug-likeness (QED) is 0.450. The van der Waals surface area contributed by atoms with Gasteiger partial charge in [-0.1, -0.05) is 13.8 Å². The van der Waals surface area contributed by atoms with Gasteiger partial charge in [0.05, 0.1) is 5.69 Å². The summed E-state index contributed by atoms with van der Waals surface area (Å²) in [6.45, 7) is 15.2. The van der Waals surface area contributed by atoms with Gasteiger partial charge in [-0.3, -0.25) is 9.67 Å². The van der Waals surface area contributed by atoms with Gasteiger partial charge in [-0.05, 0) is 44.6 Å². The van der Waals surface area contributed by atoms with Crippen LogP contribution in [0.4, 0.5) is 0 Å². The lowest BCUT2D eigenvalue weighted by Crippen LogP contribution is -2.45. The molecule has 0 aromatic carbocycles. The fourth-order valence-corrected chi connectivity index (χ4v) is 3.86. The van der Waals surface area contributed by atoms with E-state index in [0.717, 1.165) is 56.1 Å². The van der Waals surface area contributed by atoms with Crippen LogP contribution in [0.3, 0.4) is 0 Å². The van der Waals surface area contributed by atoms with Crippen molar-refractivity contribution in [2.45, 2.75) is 47.1 Å². The van der Waals surface area contributed by atoms with E-state index in [-0.39, 0.29) is 0 Å². The smallest absolute Gasteiger partial charge is 0.191 e. The largest absolute Gasteiger partial charge is 0.356 e. The zero-order valence-electron chi connectivity index (χ0n) is 16.7. The van der Waals surface area contributed by atoms with Crippen LogP contribution in [0.1, 0.15) is 38.1 Å². The molecule has 0 bridgehead atoms. The second-order valence-electron chi connectivity index (χ2n) is 7.64. The van der Waals surface area contributed by atoms with Crippen molar-refractivity contribution in [3.63, 3.8) is 0 Å². The Morgan fingerprint density at radius 3 is 2.44 bits per heavy atom. The van der Waals surface area contributed by atoms with E-state index in [2.05, 4.69) is 57.1 Å². The van der Waals surface area contributed by atoms with Crippen LogP contribution >= 0.6 is 0 Å². The zero-order chi connectivity index (χ0) is 18.2. The van der Waals surface area contributed by atoms with E-state index in [1.54, 1.807) is 0 Å². The Bertz CT molecular complexity index is 540. The Morgan fingerprint density at radius 2 is 1.84 bits per heavy atom. The molecule has 25 heavy (non-hydrogen) atoms. The first kappa shape index (κ1) is 19.8. The van der Waals surface area contributed by atoms with Crippen LogP contribution in [0.2, 0.25) is 0 Å². The van der Waals surface area contributed by atoms with Crippen LogP contribution in [0, 0.1) is 25.7 Å². The van der Waals surface area contributed by atoms with Crippen molar-refractivity contribution >= 4 is 5.96 Å². The molecule has 2 unspecified atom stereocenters. The van der Waals surface area contributed by atoms with Gasteiger partial charge in [0.2, 0.25) is 0 Å². The number of aliphatic imine (C=N–C) groups is 1. The third kappa shape index (κ3) is 6.69. The molecular weight excluding hydrogens is 312 g/mol. The average molecular weight is 349 g/mol. The molecule has 142 valence electrons. The summed E-state index contributed by atoms with van der Waals surface area (Å²) in [5.74, 6) is 2.53. The molecule has 2 N–H and O–H groups in total. The van der Waals surface area contributed by atoms with E-state index in [0.29, 0.717) is 0 Å². The van der Waals surface area contributed by atoms with Gasteiger partial charge in [-0.15, -0.1) is 0 Å². The van der Waals surface area contributed by atoms with Gasteiger partial charge >= 0.3 is 0 Å². The van der Waals surface area contributed by atoms with Crippen molar-refractivity contribution < 1.29 is 0 Å². The van der Waals surface area contributed by atoms with Gasteiger partial charge < -0.3 is 15.5 Å². The minimum absolute atomic E-state index is 0.815. The maximum Gasteiger partial charge on any atom is 0.191 e. The van der Waals surface area contributed by atoms with Crippen molar-refractivity contribution in [3.05, 3.63) is 17.5 Å². The lowest BCUT2D eigenvalue weighted by atomic mass is 9.92. The Labute approximate surface area is 153 Å². The van der Waals surface area contributed by atoms with Gasteiger partial charge in [-0.25, -0.2) is 0 Å². The van der Waals surface area contributed by atoms with Crippen LogP contribution in [0.25, 0.3) is 0 Å². The Hall–Kier alpha value is -1.56. The standard InChI is InChI=1S/C19H36N6/c1-15-11-16(2)14-24(13-15)10-8-22-19(20-5)21-7-6-9-25-18(4)12-17(3)23-25/h12,15-16H,6-11,13-14H2,1-5H3,(H2,20,21,22). The van der Waals surface area contributed by atoms with E-state index >= 15 is 0 Å². The fourth-order valence-electron chi connectivity index (χ4n) is 3.86. The van der Waals surface area contributed by atoms with Crippen LogP contribution in [0.5, 0.6) is 0 Å². The number of rotatable bonds is 7. The SMILES string of the molecule is CN=C(NCCCn1nc(C)cc1C)NCCN1CC(C)CC(C)C1. The molecule has 2 atom stereocenters. The maximum absolute atomic E-state index is 4.50. The van der Waals surface area contributed by atoms with Gasteiger partial charge in [0.1, 0.15) is 0 Å². The van der Waals surface area contributed by atoms with Crippen LogP contribution < -0.4 is 10.6 Å². The topological polar surface area (TPSA) is 57.5 Å². The minimum Gasteiger partial charge on any atom is -0.356 e. The van der Waals surface area contributed by atoms with Crippen molar-refractivity contribution in [1.82, 2.24) is 25.3 Å². The summed E-state index contributed by atoms with van der Waals surface area (Å²) < 4.78 is 2.08. The molecule has 0 saturated carbocycles. The number of aryl methyl sites for hydroxylation is 3. The Kier molecular flexibility index (Phi) is 7.75. The molecule has 1 fully saturated rings. The second-order valence-corrected chi connectivity index (χ2v) is 7.64. The van der Waals surface area contributed by atoms with Gasteiger partial charge in [-0.2, -0.15) is 5.10 Å². The van der Waals surface area contributed by atoms with Gasteiger partial charge in [0.15, 0.2) is 5.96 Å². The number of guanidine groups is 1. The summed E-state index contributed by atoms with van der Waals surface area (Å²) in [4.78, 5) is 6.89. The third-order valence-electron chi connectivity index (χ3n) is 4.83. The Balaban J connectivity index is 1.61. The maximum atomic E-state index is 4.50. The summed E-state index contributed by atoms with van der Waals surface area (Å²) in [6, 6.07) is 2.12. The third-order valence-corrected chi connectivity index (χ3v) is 4.83. The van der Waals surface area contributed by atoms with Crippen molar-refractivity contribution in [3.8, 4) is 0 Å². The monoisotopic (exact) mass is 348 g/mol. The van der Waals surface area contributed by atoms with Crippen LogP contribution in [0.15, 0.2) is 11.1 Å². The molecule has 0 amide bonds. The molecule has 0 radical (unpaired) electrons. The number of nitrogens with one attached hydrogen (secondary N) is 2. The molecule has 0 spiro atoms. The van der Waals surface area contributed by atoms with Crippen molar-refractivity contribution in [2.75, 3.05) is 39.8 Å². The average Bonchev–Trinajstić information content (AvgIpc) is 2.86. The summed E-state index contributed by atoms with van der Waals surface area (Å²) in [7, 11) is 1.83. The molecule has 1 aromatic heterocycles. The summed E-state index contributed by atoms with van der Waals surface area (Å²) in [5, 5.41) is 11.3. The molecule has 6 heteroatoms. The van der Waals surface area contributed by atoms with Crippen LogP contribution in [-0.4, -0.2) is 60.4 Å². The molecule has 2 rings (SSSR count). The molecule has 1 saturated heterocycles. The highest BCUT2D eigenvalue weighted by atomic mass is 15.3. The van der Waals surface area contributed by atoms with Gasteiger partial charge in [0.25, 0.3) is 0 Å². The predicted octanol–water partition coefficient (Wildman–Crippen LogP) is 2.03. The number of piperidine rings is 1. The number of aromatic nitrogens is 2. The summed E-state index contributed by atoms with van der Waals surface area (Å²) in [6.07, 6.45) is 2.40. The normalized spacial score (nSPS) is 22.2. The number of likely N-dealkylation sites (tertiary alicyclic amines) is 1. The van der Waals surface area contributed by atoms with E-state index in [1.807, 2.05) is 14.0 Å². The van der Waals surface area contributed by atoms with E-state index in [1.165, 1.54) is 25.2 Å². The van der Waals surface area contributed by atoms with Crippen molar-refractivity contribution in [1.29, 1.82) is 0 Å². The van der Waals surface area contributed by atoms with Crippen molar-refractivity contribution in [2.24, 2.45) is 16.8 Å². The zero-order valence-corrected chi connectivity index (χ0v) is 16.7. The Morgan fingerprint density at radius 1 is 1.16 bits per heavy atom. The molecular formula is C19H36N6. The number of nitrogens with zero attached hydrogens (tertiary/aromatic N) is 4. The second kappa shape index (κ2) is 9.80. The van der Waals surface area contributed by atoms with E-state index in [9.17, 15) is 0 Å². The first-order valence-corrected chi connectivity index (χ1v) is 9.66. The molecule has 0 aliphatic carbocycles. The number of hydrogen-bond acceptors (Lipinski definition) is 3. The van der Waals surface area contributed by atoms with E-state index < -0.39 is 0 Å². The molecule has 1 aliphatic heterocycles. The molecule has 6 nitrogen and oxygen atoms in total.